The molecule has 8 heteroatoms. The molecule has 1 rings (SSSR count). The summed E-state index contributed by atoms with van der Waals surface area (Å²) in [5, 5.41) is 15.3. The predicted octanol–water partition coefficient (Wildman–Crippen LogP) is -0.608. The van der Waals surface area contributed by atoms with Gasteiger partial charge in [-0.25, -0.2) is 0 Å². The lowest BCUT2D eigenvalue weighted by molar-refractivity contribution is -0.122. The molecular weight excluding hydrogens is 256 g/mol. The lowest BCUT2D eigenvalue weighted by Gasteiger charge is -2.16. The number of carbonyl (C=O) groups excluding carboxylic acids is 1. The third-order valence-corrected chi connectivity index (χ3v) is 2.63. The van der Waals surface area contributed by atoms with Crippen molar-refractivity contribution in [3.63, 3.8) is 0 Å². The maximum atomic E-state index is 11.4. The van der Waals surface area contributed by atoms with Gasteiger partial charge in [-0.3, -0.25) is 4.79 Å². The molecule has 0 aliphatic carbocycles. The van der Waals surface area contributed by atoms with Crippen molar-refractivity contribution in [2.24, 2.45) is 0 Å². The smallest absolute Gasteiger partial charge is 0.245 e. The maximum Gasteiger partial charge on any atom is 0.245 e. The summed E-state index contributed by atoms with van der Waals surface area (Å²) in [7, 11) is 0. The average molecular weight is 274 g/mol. The summed E-state index contributed by atoms with van der Waals surface area (Å²) in [6, 6.07) is -0.347. The van der Waals surface area contributed by atoms with Crippen LogP contribution in [0, 0.1) is 0 Å². The molecule has 0 aliphatic heterocycles. The van der Waals surface area contributed by atoms with Crippen LogP contribution in [0.15, 0.2) is 6.20 Å². The van der Waals surface area contributed by atoms with Gasteiger partial charge in [0, 0.05) is 13.1 Å². The average Bonchev–Trinajstić information content (AvgIpc) is 2.86. The molecule has 3 N–H and O–H groups in total. The molecule has 7 nitrogen and oxygen atoms in total. The third kappa shape index (κ3) is 5.39. The van der Waals surface area contributed by atoms with Gasteiger partial charge in [0.1, 0.15) is 18.9 Å². The Bertz CT molecular complexity index is 347. The van der Waals surface area contributed by atoms with Gasteiger partial charge in [0.2, 0.25) is 11.8 Å². The van der Waals surface area contributed by atoms with Crippen molar-refractivity contribution in [2.75, 3.05) is 19.7 Å². The van der Waals surface area contributed by atoms with Crippen LogP contribution in [-0.4, -0.2) is 51.6 Å². The molecule has 0 fully saturated rings. The van der Waals surface area contributed by atoms with Crippen LogP contribution in [0.3, 0.4) is 0 Å². The minimum atomic E-state index is -0.705. The zero-order chi connectivity index (χ0) is 13.4. The summed E-state index contributed by atoms with van der Waals surface area (Å²) >= 11 is 1.04. The Morgan fingerprint density at radius 1 is 1.67 bits per heavy atom. The lowest BCUT2D eigenvalue weighted by Crippen LogP contribution is -2.45. The van der Waals surface area contributed by atoms with Crippen molar-refractivity contribution < 1.29 is 14.6 Å². The number of aromatic nitrogens is 2. The Labute approximate surface area is 110 Å². The third-order valence-electron chi connectivity index (χ3n) is 2.17. The zero-order valence-electron chi connectivity index (χ0n) is 10.4. The molecule has 2 atom stereocenters. The topological polar surface area (TPSA) is 96.4 Å². The van der Waals surface area contributed by atoms with Gasteiger partial charge in [0.05, 0.1) is 17.8 Å². The van der Waals surface area contributed by atoms with E-state index in [0.717, 1.165) is 11.7 Å². The minimum Gasteiger partial charge on any atom is -0.473 e. The van der Waals surface area contributed by atoms with Gasteiger partial charge >= 0.3 is 0 Å². The number of carbonyl (C=O) groups is 1. The monoisotopic (exact) mass is 274 g/mol. The second-order valence-electron chi connectivity index (χ2n) is 3.74. The van der Waals surface area contributed by atoms with E-state index in [0.29, 0.717) is 12.4 Å². The Kier molecular flexibility index (Phi) is 6.55. The first-order valence-electron chi connectivity index (χ1n) is 5.73. The quantitative estimate of drug-likeness (QED) is 0.585. The van der Waals surface area contributed by atoms with Crippen molar-refractivity contribution in [2.45, 2.75) is 26.0 Å². The van der Waals surface area contributed by atoms with Gasteiger partial charge in [-0.05, 0) is 13.8 Å². The van der Waals surface area contributed by atoms with Crippen LogP contribution in [0.2, 0.25) is 0 Å². The van der Waals surface area contributed by atoms with Crippen LogP contribution in [0.25, 0.3) is 0 Å². The number of aliphatic hydroxyl groups excluding tert-OH is 1. The first-order valence-corrected chi connectivity index (χ1v) is 6.46. The second kappa shape index (κ2) is 7.96. The zero-order valence-corrected chi connectivity index (χ0v) is 11.2. The highest BCUT2D eigenvalue weighted by atomic mass is 32.1. The van der Waals surface area contributed by atoms with Crippen molar-refractivity contribution in [3.05, 3.63) is 6.20 Å². The Balaban J connectivity index is 2.16. The van der Waals surface area contributed by atoms with E-state index in [1.807, 2.05) is 6.92 Å². The number of ether oxygens (including phenoxy) is 1. The second-order valence-corrected chi connectivity index (χ2v) is 4.29. The minimum absolute atomic E-state index is 0.0886. The summed E-state index contributed by atoms with van der Waals surface area (Å²) in [5.74, 6) is 0.310. The van der Waals surface area contributed by atoms with Crippen LogP contribution in [-0.2, 0) is 4.79 Å². The summed E-state index contributed by atoms with van der Waals surface area (Å²) in [5.41, 5.74) is 0. The van der Waals surface area contributed by atoms with Gasteiger partial charge in [0.15, 0.2) is 0 Å². The van der Waals surface area contributed by atoms with Gasteiger partial charge in [-0.1, -0.05) is 0 Å². The number of likely N-dealkylation sites (N-methyl/N-ethyl adjacent to an activating group) is 1. The van der Waals surface area contributed by atoms with Crippen molar-refractivity contribution in [3.8, 4) is 5.88 Å². The number of aliphatic hydroxyl groups is 1. The molecule has 1 aromatic heterocycles. The number of nitrogens with zero attached hydrogens (tertiary/aromatic N) is 2. The van der Waals surface area contributed by atoms with E-state index in [1.54, 1.807) is 6.92 Å². The Hall–Kier alpha value is -1.25. The molecule has 0 saturated heterocycles. The Morgan fingerprint density at radius 3 is 3.06 bits per heavy atom. The molecule has 0 saturated carbocycles. The molecule has 18 heavy (non-hydrogen) atoms. The highest BCUT2D eigenvalue weighted by Crippen LogP contribution is 2.05. The molecule has 0 bridgehead atoms. The summed E-state index contributed by atoms with van der Waals surface area (Å²) < 4.78 is 12.8. The maximum absolute atomic E-state index is 11.4. The van der Waals surface area contributed by atoms with Gasteiger partial charge in [0.25, 0.3) is 0 Å². The highest BCUT2D eigenvalue weighted by Gasteiger charge is 2.13. The Morgan fingerprint density at radius 2 is 2.44 bits per heavy atom. The number of amides is 1. The van der Waals surface area contributed by atoms with Crippen LogP contribution >= 0.6 is 11.7 Å². The molecular formula is C10H18N4O3S. The van der Waals surface area contributed by atoms with Crippen molar-refractivity contribution in [1.29, 1.82) is 0 Å². The van der Waals surface area contributed by atoms with Gasteiger partial charge in [-0.2, -0.15) is 4.37 Å². The highest BCUT2D eigenvalue weighted by molar-refractivity contribution is 6.99. The van der Waals surface area contributed by atoms with Gasteiger partial charge < -0.3 is 20.5 Å². The normalized spacial score (nSPS) is 13.9. The largest absolute Gasteiger partial charge is 0.473 e. The fourth-order valence-corrected chi connectivity index (χ4v) is 1.56. The molecule has 0 spiro atoms. The number of nitrogens with one attached hydrogen (secondary N) is 2. The van der Waals surface area contributed by atoms with E-state index in [1.165, 1.54) is 6.20 Å². The van der Waals surface area contributed by atoms with Crippen LogP contribution in [0.4, 0.5) is 0 Å². The lowest BCUT2D eigenvalue weighted by atomic mass is 10.3. The van der Waals surface area contributed by atoms with E-state index < -0.39 is 6.10 Å². The molecule has 0 aromatic carbocycles. The van der Waals surface area contributed by atoms with E-state index in [4.69, 9.17) is 4.74 Å². The van der Waals surface area contributed by atoms with E-state index in [9.17, 15) is 9.90 Å². The molecule has 1 heterocycles. The van der Waals surface area contributed by atoms with E-state index >= 15 is 0 Å². The van der Waals surface area contributed by atoms with Crippen molar-refractivity contribution in [1.82, 2.24) is 19.4 Å². The van der Waals surface area contributed by atoms with Gasteiger partial charge in [-0.15, -0.1) is 4.37 Å². The molecule has 0 aliphatic rings. The van der Waals surface area contributed by atoms with Crippen LogP contribution in [0.5, 0.6) is 5.88 Å². The fraction of sp³-hybridized carbons (Fsp3) is 0.700. The predicted molar refractivity (Wildman–Crippen MR) is 67.6 cm³/mol. The molecule has 1 amide bonds. The molecule has 1 aromatic rings. The SMILES string of the molecule is CCNC(=O)C(C)NCC(O)COc1cnsn1. The summed E-state index contributed by atoms with van der Waals surface area (Å²) in [4.78, 5) is 11.4. The van der Waals surface area contributed by atoms with Crippen LogP contribution < -0.4 is 15.4 Å². The molecule has 0 radical (unpaired) electrons. The first kappa shape index (κ1) is 14.8. The number of rotatable bonds is 8. The van der Waals surface area contributed by atoms with E-state index in [2.05, 4.69) is 19.4 Å². The van der Waals surface area contributed by atoms with Crippen molar-refractivity contribution >= 4 is 17.6 Å². The standard InChI is InChI=1S/C10H18N4O3S/c1-3-11-10(16)7(2)12-4-8(15)6-17-9-5-13-18-14-9/h5,7-8,12,15H,3-4,6H2,1-2H3,(H,11,16). The van der Waals surface area contributed by atoms with E-state index in [-0.39, 0.29) is 25.1 Å². The molecule has 102 valence electrons. The fourth-order valence-electron chi connectivity index (χ4n) is 1.19. The number of hydrogen-bond donors (Lipinski definition) is 3. The summed E-state index contributed by atoms with van der Waals surface area (Å²) in [6.45, 7) is 4.57. The first-order chi connectivity index (χ1) is 8.63. The number of hydrogen-bond acceptors (Lipinski definition) is 7. The summed E-state index contributed by atoms with van der Waals surface area (Å²) in [6.07, 6.45) is 0.783. The van der Waals surface area contributed by atoms with Crippen LogP contribution in [0.1, 0.15) is 13.8 Å². The molecule has 2 unspecified atom stereocenters.